The number of aryl methyl sites for hydroxylation is 1. The lowest BCUT2D eigenvalue weighted by molar-refractivity contribution is 0.503. The Labute approximate surface area is 159 Å². The molecule has 0 spiro atoms. The SMILES string of the molecule is C=Cc1cnc(N2CC(c3nccnc3-c3ccccc3C)C2)nc1C=C. The molecule has 1 aliphatic rings. The van der Waals surface area contributed by atoms with Crippen LogP contribution in [0.4, 0.5) is 5.95 Å². The zero-order valence-electron chi connectivity index (χ0n) is 15.3. The van der Waals surface area contributed by atoms with Crippen LogP contribution in [0.3, 0.4) is 0 Å². The first-order valence-corrected chi connectivity index (χ1v) is 8.95. The summed E-state index contributed by atoms with van der Waals surface area (Å²) in [5.74, 6) is 1.02. The van der Waals surface area contributed by atoms with Crippen LogP contribution in [0.15, 0.2) is 56.0 Å². The average molecular weight is 355 g/mol. The van der Waals surface area contributed by atoms with Crippen molar-refractivity contribution < 1.29 is 0 Å². The quantitative estimate of drug-likeness (QED) is 0.689. The first-order valence-electron chi connectivity index (χ1n) is 8.95. The number of nitrogens with zero attached hydrogens (tertiary/aromatic N) is 5. The Morgan fingerprint density at radius 2 is 1.81 bits per heavy atom. The molecule has 1 fully saturated rings. The number of aromatic nitrogens is 4. The summed E-state index contributed by atoms with van der Waals surface area (Å²) in [4.78, 5) is 20.5. The number of hydrogen-bond acceptors (Lipinski definition) is 5. The molecule has 4 rings (SSSR count). The lowest BCUT2D eigenvalue weighted by atomic mass is 9.91. The van der Waals surface area contributed by atoms with Crippen molar-refractivity contribution in [2.75, 3.05) is 18.0 Å². The van der Waals surface area contributed by atoms with E-state index < -0.39 is 0 Å². The molecule has 0 aliphatic carbocycles. The molecule has 0 atom stereocenters. The molecule has 0 saturated carbocycles. The molecule has 0 N–H and O–H groups in total. The standard InChI is InChI=1S/C22H21N5/c1-4-16-12-25-22(26-19(16)5-2)27-13-17(14-27)20-21(24-11-10-23-20)18-9-7-6-8-15(18)3/h4-12,17H,1-2,13-14H2,3H3. The maximum absolute atomic E-state index is 4.65. The van der Waals surface area contributed by atoms with E-state index in [0.29, 0.717) is 11.9 Å². The van der Waals surface area contributed by atoms with Crippen molar-refractivity contribution in [3.05, 3.63) is 78.5 Å². The summed E-state index contributed by atoms with van der Waals surface area (Å²) in [6, 6.07) is 8.29. The van der Waals surface area contributed by atoms with Gasteiger partial charge in [-0.15, -0.1) is 0 Å². The van der Waals surface area contributed by atoms with E-state index in [2.05, 4.69) is 57.1 Å². The molecule has 1 aromatic carbocycles. The molecular weight excluding hydrogens is 334 g/mol. The summed E-state index contributed by atoms with van der Waals surface area (Å²) < 4.78 is 0. The van der Waals surface area contributed by atoms with E-state index in [1.165, 1.54) is 5.56 Å². The van der Waals surface area contributed by atoms with Gasteiger partial charge in [0.05, 0.1) is 17.1 Å². The molecule has 3 heterocycles. The Morgan fingerprint density at radius 3 is 2.56 bits per heavy atom. The largest absolute Gasteiger partial charge is 0.339 e. The smallest absolute Gasteiger partial charge is 0.225 e. The van der Waals surface area contributed by atoms with Crippen LogP contribution < -0.4 is 4.90 Å². The average Bonchev–Trinajstić information content (AvgIpc) is 2.67. The number of anilines is 1. The predicted molar refractivity (Wildman–Crippen MR) is 109 cm³/mol. The highest BCUT2D eigenvalue weighted by molar-refractivity contribution is 5.67. The Bertz CT molecular complexity index is 1010. The van der Waals surface area contributed by atoms with Gasteiger partial charge in [-0.05, 0) is 18.6 Å². The van der Waals surface area contributed by atoms with Gasteiger partial charge in [-0.25, -0.2) is 9.97 Å². The Balaban J connectivity index is 1.58. The van der Waals surface area contributed by atoms with E-state index in [0.717, 1.165) is 41.3 Å². The van der Waals surface area contributed by atoms with Gasteiger partial charge in [0.15, 0.2) is 0 Å². The van der Waals surface area contributed by atoms with Crippen LogP contribution in [0.1, 0.15) is 28.4 Å². The lowest BCUT2D eigenvalue weighted by Crippen LogP contribution is -2.46. The highest BCUT2D eigenvalue weighted by atomic mass is 15.3. The first-order chi connectivity index (χ1) is 13.2. The molecule has 1 aliphatic heterocycles. The summed E-state index contributed by atoms with van der Waals surface area (Å²) in [6.07, 6.45) is 8.80. The van der Waals surface area contributed by atoms with Crippen molar-refractivity contribution in [1.82, 2.24) is 19.9 Å². The van der Waals surface area contributed by atoms with Crippen LogP contribution in [0, 0.1) is 6.92 Å². The fourth-order valence-corrected chi connectivity index (χ4v) is 3.38. The number of benzene rings is 1. The van der Waals surface area contributed by atoms with Gasteiger partial charge < -0.3 is 4.90 Å². The van der Waals surface area contributed by atoms with Gasteiger partial charge in [-0.2, -0.15) is 0 Å². The maximum Gasteiger partial charge on any atom is 0.225 e. The second-order valence-corrected chi connectivity index (χ2v) is 6.63. The highest BCUT2D eigenvalue weighted by Crippen LogP contribution is 2.34. The molecule has 0 amide bonds. The topological polar surface area (TPSA) is 54.8 Å². The van der Waals surface area contributed by atoms with E-state index in [1.54, 1.807) is 30.7 Å². The molecule has 3 aromatic rings. The molecule has 1 saturated heterocycles. The first kappa shape index (κ1) is 17.1. The Hall–Kier alpha value is -3.34. The number of hydrogen-bond donors (Lipinski definition) is 0. The molecule has 5 nitrogen and oxygen atoms in total. The van der Waals surface area contributed by atoms with Gasteiger partial charge in [0.2, 0.25) is 5.95 Å². The van der Waals surface area contributed by atoms with Crippen molar-refractivity contribution in [3.8, 4) is 11.3 Å². The molecule has 2 aromatic heterocycles. The van der Waals surface area contributed by atoms with Crippen LogP contribution in [0.2, 0.25) is 0 Å². The Morgan fingerprint density at radius 1 is 1.04 bits per heavy atom. The van der Waals surface area contributed by atoms with Gasteiger partial charge in [0, 0.05) is 48.7 Å². The minimum Gasteiger partial charge on any atom is -0.339 e. The molecule has 0 unspecified atom stereocenters. The second kappa shape index (κ2) is 7.11. The van der Waals surface area contributed by atoms with Crippen molar-refractivity contribution in [3.63, 3.8) is 0 Å². The van der Waals surface area contributed by atoms with Crippen molar-refractivity contribution >= 4 is 18.1 Å². The van der Waals surface area contributed by atoms with Gasteiger partial charge in [0.1, 0.15) is 0 Å². The fourth-order valence-electron chi connectivity index (χ4n) is 3.38. The lowest BCUT2D eigenvalue weighted by Gasteiger charge is -2.39. The Kier molecular flexibility index (Phi) is 4.50. The molecule has 0 radical (unpaired) electrons. The minimum absolute atomic E-state index is 0.308. The third-order valence-electron chi connectivity index (χ3n) is 4.93. The third-order valence-corrected chi connectivity index (χ3v) is 4.93. The summed E-state index contributed by atoms with van der Waals surface area (Å²) in [6.45, 7) is 11.4. The van der Waals surface area contributed by atoms with E-state index in [-0.39, 0.29) is 0 Å². The summed E-state index contributed by atoms with van der Waals surface area (Å²) in [5.41, 5.74) is 6.04. The fraction of sp³-hybridized carbons (Fsp3) is 0.182. The van der Waals surface area contributed by atoms with Gasteiger partial charge in [-0.1, -0.05) is 43.5 Å². The van der Waals surface area contributed by atoms with Gasteiger partial charge in [-0.3, -0.25) is 9.97 Å². The second-order valence-electron chi connectivity index (χ2n) is 6.63. The van der Waals surface area contributed by atoms with E-state index in [4.69, 9.17) is 0 Å². The molecule has 134 valence electrons. The van der Waals surface area contributed by atoms with Crippen LogP contribution >= 0.6 is 0 Å². The van der Waals surface area contributed by atoms with Crippen molar-refractivity contribution in [1.29, 1.82) is 0 Å². The van der Waals surface area contributed by atoms with Gasteiger partial charge >= 0.3 is 0 Å². The van der Waals surface area contributed by atoms with Crippen molar-refractivity contribution in [2.24, 2.45) is 0 Å². The summed E-state index contributed by atoms with van der Waals surface area (Å²) >= 11 is 0. The highest BCUT2D eigenvalue weighted by Gasteiger charge is 2.33. The summed E-state index contributed by atoms with van der Waals surface area (Å²) in [7, 11) is 0. The summed E-state index contributed by atoms with van der Waals surface area (Å²) in [5, 5.41) is 0. The van der Waals surface area contributed by atoms with E-state index >= 15 is 0 Å². The maximum atomic E-state index is 4.65. The van der Waals surface area contributed by atoms with E-state index in [9.17, 15) is 0 Å². The minimum atomic E-state index is 0.308. The predicted octanol–water partition coefficient (Wildman–Crippen LogP) is 4.13. The van der Waals surface area contributed by atoms with Crippen LogP contribution in [-0.2, 0) is 0 Å². The molecule has 0 bridgehead atoms. The molecule has 27 heavy (non-hydrogen) atoms. The van der Waals surface area contributed by atoms with E-state index in [1.807, 2.05) is 12.1 Å². The molecule has 5 heteroatoms. The van der Waals surface area contributed by atoms with Gasteiger partial charge in [0.25, 0.3) is 0 Å². The van der Waals surface area contributed by atoms with Crippen LogP contribution in [0.5, 0.6) is 0 Å². The zero-order chi connectivity index (χ0) is 18.8. The molecular formula is C22H21N5. The normalized spacial score (nSPS) is 13.9. The zero-order valence-corrected chi connectivity index (χ0v) is 15.3. The van der Waals surface area contributed by atoms with Crippen molar-refractivity contribution in [2.45, 2.75) is 12.8 Å². The van der Waals surface area contributed by atoms with Crippen LogP contribution in [0.25, 0.3) is 23.4 Å². The number of rotatable bonds is 5. The monoisotopic (exact) mass is 355 g/mol. The van der Waals surface area contributed by atoms with Crippen LogP contribution in [-0.4, -0.2) is 33.0 Å². The third kappa shape index (κ3) is 3.12.